The van der Waals surface area contributed by atoms with Gasteiger partial charge in [0.15, 0.2) is 0 Å². The molecule has 0 bridgehead atoms. The zero-order valence-corrected chi connectivity index (χ0v) is 13.3. The van der Waals surface area contributed by atoms with Crippen molar-refractivity contribution >= 4 is 11.3 Å². The first-order valence-corrected chi connectivity index (χ1v) is 8.73. The number of aliphatic hydroxyl groups excluding tert-OH is 1. The van der Waals surface area contributed by atoms with Crippen molar-refractivity contribution in [2.45, 2.75) is 44.8 Å². The van der Waals surface area contributed by atoms with Gasteiger partial charge in [-0.1, -0.05) is 18.2 Å². The van der Waals surface area contributed by atoms with Gasteiger partial charge in [-0.3, -0.25) is 0 Å². The van der Waals surface area contributed by atoms with Gasteiger partial charge >= 0.3 is 0 Å². The highest BCUT2D eigenvalue weighted by molar-refractivity contribution is 7.07. The molecular formula is C18H23NOS. The Hall–Kier alpha value is -1.16. The molecule has 3 rings (SSSR count). The van der Waals surface area contributed by atoms with E-state index >= 15 is 0 Å². The number of rotatable bonds is 5. The minimum absolute atomic E-state index is 0.269. The highest BCUT2D eigenvalue weighted by Gasteiger charge is 2.14. The molecule has 0 amide bonds. The highest BCUT2D eigenvalue weighted by Crippen LogP contribution is 2.25. The van der Waals surface area contributed by atoms with Crippen molar-refractivity contribution in [2.24, 2.45) is 0 Å². The number of hydrogen-bond acceptors (Lipinski definition) is 3. The molecule has 0 aliphatic heterocycles. The van der Waals surface area contributed by atoms with Crippen LogP contribution in [0.5, 0.6) is 0 Å². The molecule has 1 aliphatic rings. The van der Waals surface area contributed by atoms with Crippen molar-refractivity contribution in [1.82, 2.24) is 5.32 Å². The zero-order valence-electron chi connectivity index (χ0n) is 12.5. The normalized spacial score (nSPS) is 17.2. The van der Waals surface area contributed by atoms with Gasteiger partial charge in [-0.2, -0.15) is 11.3 Å². The van der Waals surface area contributed by atoms with Gasteiger partial charge in [0.25, 0.3) is 0 Å². The van der Waals surface area contributed by atoms with Crippen molar-refractivity contribution in [3.05, 3.63) is 57.3 Å². The van der Waals surface area contributed by atoms with Gasteiger partial charge in [0.05, 0.1) is 6.10 Å². The Bertz CT molecular complexity index is 579. The summed E-state index contributed by atoms with van der Waals surface area (Å²) in [5.41, 5.74) is 5.37. The first kappa shape index (κ1) is 14.8. The third-order valence-corrected chi connectivity index (χ3v) is 5.12. The Balaban J connectivity index is 1.61. The summed E-state index contributed by atoms with van der Waals surface area (Å²) in [4.78, 5) is 0. The topological polar surface area (TPSA) is 32.3 Å². The molecule has 1 heterocycles. The molecule has 2 N–H and O–H groups in total. The molecule has 2 unspecified atom stereocenters. The molecule has 0 saturated heterocycles. The van der Waals surface area contributed by atoms with Crippen molar-refractivity contribution in [1.29, 1.82) is 0 Å². The number of fused-ring (bicyclic) bond motifs is 1. The number of benzene rings is 1. The van der Waals surface area contributed by atoms with Gasteiger partial charge in [-0.15, -0.1) is 0 Å². The maximum Gasteiger partial charge on any atom is 0.0922 e. The van der Waals surface area contributed by atoms with E-state index in [1.165, 1.54) is 42.4 Å². The first-order valence-electron chi connectivity index (χ1n) is 7.79. The molecule has 3 heteroatoms. The summed E-state index contributed by atoms with van der Waals surface area (Å²) < 4.78 is 0. The quantitative estimate of drug-likeness (QED) is 0.874. The van der Waals surface area contributed by atoms with E-state index in [0.717, 1.165) is 5.56 Å². The molecule has 1 aromatic carbocycles. The molecule has 0 spiro atoms. The fraction of sp³-hybridized carbons (Fsp3) is 0.444. The Morgan fingerprint density at radius 2 is 1.95 bits per heavy atom. The maximum atomic E-state index is 10.1. The summed E-state index contributed by atoms with van der Waals surface area (Å²) >= 11 is 1.63. The first-order chi connectivity index (χ1) is 10.2. The molecule has 2 atom stereocenters. The number of hydrogen-bond donors (Lipinski definition) is 2. The average Bonchev–Trinajstić information content (AvgIpc) is 3.06. The fourth-order valence-electron chi connectivity index (χ4n) is 3.01. The van der Waals surface area contributed by atoms with Crippen LogP contribution in [-0.2, 0) is 12.8 Å². The highest BCUT2D eigenvalue weighted by atomic mass is 32.1. The SMILES string of the molecule is CC(NCC(O)c1ccsc1)c1ccc2c(c1)CCCC2. The predicted molar refractivity (Wildman–Crippen MR) is 88.8 cm³/mol. The number of aliphatic hydroxyl groups is 1. The van der Waals surface area contributed by atoms with Crippen molar-refractivity contribution in [3.8, 4) is 0 Å². The number of thiophene rings is 1. The molecular weight excluding hydrogens is 278 g/mol. The molecule has 0 radical (unpaired) electrons. The van der Waals surface area contributed by atoms with E-state index in [4.69, 9.17) is 0 Å². The second-order valence-corrected chi connectivity index (χ2v) is 6.72. The van der Waals surface area contributed by atoms with Crippen LogP contribution in [0.25, 0.3) is 0 Å². The summed E-state index contributed by atoms with van der Waals surface area (Å²) in [5.74, 6) is 0. The van der Waals surface area contributed by atoms with Crippen molar-refractivity contribution < 1.29 is 5.11 Å². The van der Waals surface area contributed by atoms with E-state index in [9.17, 15) is 5.11 Å². The summed E-state index contributed by atoms with van der Waals surface area (Å²) in [5, 5.41) is 17.6. The van der Waals surface area contributed by atoms with Crippen LogP contribution < -0.4 is 5.32 Å². The lowest BCUT2D eigenvalue weighted by molar-refractivity contribution is 0.171. The standard InChI is InChI=1S/C18H23NOS/c1-13(19-11-18(20)17-8-9-21-12-17)15-7-6-14-4-2-3-5-16(14)10-15/h6-10,12-13,18-20H,2-5,11H2,1H3. The Labute approximate surface area is 130 Å². The molecule has 1 aliphatic carbocycles. The van der Waals surface area contributed by atoms with Crippen LogP contribution in [0.15, 0.2) is 35.0 Å². The Morgan fingerprint density at radius 1 is 1.14 bits per heavy atom. The van der Waals surface area contributed by atoms with Crippen molar-refractivity contribution in [2.75, 3.05) is 6.54 Å². The lowest BCUT2D eigenvalue weighted by atomic mass is 9.89. The molecule has 112 valence electrons. The molecule has 0 fully saturated rings. The molecule has 2 aromatic rings. The largest absolute Gasteiger partial charge is 0.387 e. The minimum Gasteiger partial charge on any atom is -0.387 e. The fourth-order valence-corrected chi connectivity index (χ4v) is 3.72. The minimum atomic E-state index is -0.420. The van der Waals surface area contributed by atoms with E-state index in [1.807, 2.05) is 16.8 Å². The predicted octanol–water partition coefficient (Wildman–Crippen LogP) is 4.01. The summed E-state index contributed by atoms with van der Waals surface area (Å²) in [7, 11) is 0. The number of aryl methyl sites for hydroxylation is 2. The van der Waals surface area contributed by atoms with Crippen molar-refractivity contribution in [3.63, 3.8) is 0 Å². The van der Waals surface area contributed by atoms with Gasteiger partial charge in [0.2, 0.25) is 0 Å². The van der Waals surface area contributed by atoms with Crippen LogP contribution in [0.2, 0.25) is 0 Å². The van der Waals surface area contributed by atoms with Crippen LogP contribution in [0, 0.1) is 0 Å². The van der Waals surface area contributed by atoms with Gasteiger partial charge in [-0.25, -0.2) is 0 Å². The smallest absolute Gasteiger partial charge is 0.0922 e. The molecule has 2 nitrogen and oxygen atoms in total. The zero-order chi connectivity index (χ0) is 14.7. The van der Waals surface area contributed by atoms with E-state index in [2.05, 4.69) is 30.4 Å². The summed E-state index contributed by atoms with van der Waals surface area (Å²) in [6.07, 6.45) is 4.67. The Kier molecular flexibility index (Phi) is 4.73. The number of nitrogens with one attached hydrogen (secondary N) is 1. The van der Waals surface area contributed by atoms with Crippen LogP contribution >= 0.6 is 11.3 Å². The summed E-state index contributed by atoms with van der Waals surface area (Å²) in [6, 6.07) is 9.13. The second kappa shape index (κ2) is 6.73. The van der Waals surface area contributed by atoms with E-state index in [-0.39, 0.29) is 6.04 Å². The average molecular weight is 301 g/mol. The van der Waals surface area contributed by atoms with Crippen LogP contribution in [-0.4, -0.2) is 11.7 Å². The monoisotopic (exact) mass is 301 g/mol. The maximum absolute atomic E-state index is 10.1. The van der Waals surface area contributed by atoms with E-state index < -0.39 is 6.10 Å². The molecule has 21 heavy (non-hydrogen) atoms. The van der Waals surface area contributed by atoms with E-state index in [1.54, 1.807) is 11.3 Å². The third kappa shape index (κ3) is 3.54. The Morgan fingerprint density at radius 3 is 2.71 bits per heavy atom. The third-order valence-electron chi connectivity index (χ3n) is 4.42. The summed E-state index contributed by atoms with van der Waals surface area (Å²) in [6.45, 7) is 2.76. The van der Waals surface area contributed by atoms with Gasteiger partial charge < -0.3 is 10.4 Å². The van der Waals surface area contributed by atoms with Crippen LogP contribution in [0.1, 0.15) is 54.2 Å². The van der Waals surface area contributed by atoms with Crippen LogP contribution in [0.3, 0.4) is 0 Å². The molecule has 0 saturated carbocycles. The van der Waals surface area contributed by atoms with Gasteiger partial charge in [0.1, 0.15) is 0 Å². The molecule has 1 aromatic heterocycles. The van der Waals surface area contributed by atoms with Gasteiger partial charge in [0, 0.05) is 12.6 Å². The van der Waals surface area contributed by atoms with Crippen LogP contribution in [0.4, 0.5) is 0 Å². The van der Waals surface area contributed by atoms with E-state index in [0.29, 0.717) is 6.54 Å². The lowest BCUT2D eigenvalue weighted by Gasteiger charge is -2.21. The lowest BCUT2D eigenvalue weighted by Crippen LogP contribution is -2.24. The second-order valence-electron chi connectivity index (χ2n) is 5.94. The van der Waals surface area contributed by atoms with Gasteiger partial charge in [-0.05, 0) is 71.7 Å².